The quantitative estimate of drug-likeness (QED) is 0.151. The number of nitro benzene ring substituents is 1. The Kier molecular flexibility index (Phi) is 5.81. The number of rotatable bonds is 5. The molecule has 0 atom stereocenters. The first kappa shape index (κ1) is 13.6. The third-order valence-corrected chi connectivity index (χ3v) is 2.18. The molecule has 0 spiro atoms. The lowest BCUT2D eigenvalue weighted by Gasteiger charge is -1.91. The third kappa shape index (κ3) is 5.01. The normalized spacial score (nSPS) is 8.89. The lowest BCUT2D eigenvalue weighted by Crippen LogP contribution is -1.86. The molecular weight excluding hydrogens is 232 g/mol. The van der Waals surface area contributed by atoms with Gasteiger partial charge in [-0.05, 0) is 30.5 Å². The molecule has 6 nitrogen and oxygen atoms in total. The zero-order chi connectivity index (χ0) is 13.2. The lowest BCUT2D eigenvalue weighted by atomic mass is 10.2. The molecule has 1 aromatic rings. The lowest BCUT2D eigenvalue weighted by molar-refractivity contribution is -0.384. The molecule has 6 heteroatoms. The van der Waals surface area contributed by atoms with Gasteiger partial charge in [0.25, 0.3) is 5.69 Å². The molecule has 0 radical (unpaired) electrons. The predicted octanol–water partition coefficient (Wildman–Crippen LogP) is 3.43. The minimum atomic E-state index is -0.438. The maximum absolute atomic E-state index is 10.4. The summed E-state index contributed by atoms with van der Waals surface area (Å²) < 4.78 is 0. The van der Waals surface area contributed by atoms with Crippen LogP contribution in [-0.2, 0) is 0 Å². The van der Waals surface area contributed by atoms with Crippen molar-refractivity contribution < 1.29 is 4.92 Å². The highest BCUT2D eigenvalue weighted by Crippen LogP contribution is 2.10. The standard InChI is InChI=1S/C12H12N4O2/c13-15-14-10-4-2-1-3-5-11-6-8-12(9-7-11)16(17)18/h6-9H,1-2,4,10H2. The molecule has 1 rings (SSSR count). The summed E-state index contributed by atoms with van der Waals surface area (Å²) >= 11 is 0. The summed E-state index contributed by atoms with van der Waals surface area (Å²) in [6.45, 7) is 0.496. The van der Waals surface area contributed by atoms with E-state index in [-0.39, 0.29) is 5.69 Å². The Morgan fingerprint density at radius 3 is 2.67 bits per heavy atom. The number of unbranched alkanes of at least 4 members (excludes halogenated alkanes) is 2. The summed E-state index contributed by atoms with van der Waals surface area (Å²) in [6, 6.07) is 6.13. The van der Waals surface area contributed by atoms with Gasteiger partial charge < -0.3 is 0 Å². The number of nitro groups is 1. The van der Waals surface area contributed by atoms with Crippen LogP contribution in [0.1, 0.15) is 24.8 Å². The van der Waals surface area contributed by atoms with Crippen molar-refractivity contribution >= 4 is 5.69 Å². The van der Waals surface area contributed by atoms with Crippen LogP contribution in [-0.4, -0.2) is 11.5 Å². The molecule has 0 N–H and O–H groups in total. The van der Waals surface area contributed by atoms with Crippen LogP contribution in [0.4, 0.5) is 5.69 Å². The Hall–Kier alpha value is -2.51. The average molecular weight is 244 g/mol. The van der Waals surface area contributed by atoms with Crippen LogP contribution >= 0.6 is 0 Å². The molecule has 0 unspecified atom stereocenters. The Labute approximate surface area is 104 Å². The molecule has 0 aliphatic carbocycles. The van der Waals surface area contributed by atoms with Gasteiger partial charge in [-0.25, -0.2) is 0 Å². The second-order valence-electron chi connectivity index (χ2n) is 3.52. The van der Waals surface area contributed by atoms with Gasteiger partial charge in [0.1, 0.15) is 0 Å². The molecule has 0 saturated carbocycles. The first-order chi connectivity index (χ1) is 8.74. The largest absolute Gasteiger partial charge is 0.269 e. The fraction of sp³-hybridized carbons (Fsp3) is 0.333. The summed E-state index contributed by atoms with van der Waals surface area (Å²) in [4.78, 5) is 12.7. The van der Waals surface area contributed by atoms with Crippen LogP contribution in [0.15, 0.2) is 29.4 Å². The number of nitrogens with zero attached hydrogens (tertiary/aromatic N) is 4. The highest BCUT2D eigenvalue weighted by molar-refractivity contribution is 5.40. The van der Waals surface area contributed by atoms with E-state index < -0.39 is 4.92 Å². The average Bonchev–Trinajstić information content (AvgIpc) is 2.38. The Morgan fingerprint density at radius 1 is 1.33 bits per heavy atom. The SMILES string of the molecule is [N-]=[N+]=NCCCCC#Cc1ccc([N+](=O)[O-])cc1. The molecule has 0 amide bonds. The van der Waals surface area contributed by atoms with Crippen LogP contribution < -0.4 is 0 Å². The monoisotopic (exact) mass is 244 g/mol. The smallest absolute Gasteiger partial charge is 0.258 e. The fourth-order valence-corrected chi connectivity index (χ4v) is 1.27. The Balaban J connectivity index is 2.38. The first-order valence-corrected chi connectivity index (χ1v) is 5.48. The minimum Gasteiger partial charge on any atom is -0.258 e. The maximum Gasteiger partial charge on any atom is 0.269 e. The zero-order valence-corrected chi connectivity index (χ0v) is 9.74. The van der Waals surface area contributed by atoms with Crippen molar-refractivity contribution in [1.29, 1.82) is 0 Å². The van der Waals surface area contributed by atoms with Gasteiger partial charge in [-0.3, -0.25) is 10.1 Å². The summed E-state index contributed by atoms with van der Waals surface area (Å²) in [5, 5.41) is 13.9. The second kappa shape index (κ2) is 7.71. The highest BCUT2D eigenvalue weighted by Gasteiger charge is 2.01. The van der Waals surface area contributed by atoms with E-state index in [0.717, 1.165) is 24.8 Å². The first-order valence-electron chi connectivity index (χ1n) is 5.48. The third-order valence-electron chi connectivity index (χ3n) is 2.18. The van der Waals surface area contributed by atoms with Crippen molar-refractivity contribution in [2.75, 3.05) is 6.54 Å². The maximum atomic E-state index is 10.4. The second-order valence-corrected chi connectivity index (χ2v) is 3.52. The molecule has 0 saturated heterocycles. The van der Waals surface area contributed by atoms with Gasteiger partial charge in [-0.15, -0.1) is 0 Å². The summed E-state index contributed by atoms with van der Waals surface area (Å²) in [6.07, 6.45) is 2.41. The van der Waals surface area contributed by atoms with Crippen LogP contribution in [0, 0.1) is 22.0 Å². The van der Waals surface area contributed by atoms with Gasteiger partial charge in [0.05, 0.1) is 4.92 Å². The molecular formula is C12H12N4O2. The predicted molar refractivity (Wildman–Crippen MR) is 67.8 cm³/mol. The molecule has 18 heavy (non-hydrogen) atoms. The summed E-state index contributed by atoms with van der Waals surface area (Å²) in [7, 11) is 0. The molecule has 1 aromatic carbocycles. The van der Waals surface area contributed by atoms with Crippen LogP contribution in [0.2, 0.25) is 0 Å². The molecule has 0 bridgehead atoms. The van der Waals surface area contributed by atoms with Gasteiger partial charge in [0.15, 0.2) is 0 Å². The van der Waals surface area contributed by atoms with E-state index in [9.17, 15) is 10.1 Å². The van der Waals surface area contributed by atoms with Crippen molar-refractivity contribution in [3.63, 3.8) is 0 Å². The van der Waals surface area contributed by atoms with Gasteiger partial charge in [-0.1, -0.05) is 17.0 Å². The van der Waals surface area contributed by atoms with E-state index in [1.807, 2.05) is 0 Å². The van der Waals surface area contributed by atoms with Crippen molar-refractivity contribution in [1.82, 2.24) is 0 Å². The number of non-ortho nitro benzene ring substituents is 1. The number of hydrogen-bond donors (Lipinski definition) is 0. The summed E-state index contributed by atoms with van der Waals surface area (Å²) in [5.74, 6) is 5.90. The van der Waals surface area contributed by atoms with E-state index in [4.69, 9.17) is 5.53 Å². The zero-order valence-electron chi connectivity index (χ0n) is 9.74. The molecule has 0 aliphatic heterocycles. The van der Waals surface area contributed by atoms with Crippen LogP contribution in [0.25, 0.3) is 10.4 Å². The van der Waals surface area contributed by atoms with Crippen molar-refractivity contribution in [3.8, 4) is 11.8 Å². The molecule has 0 heterocycles. The van der Waals surface area contributed by atoms with Gasteiger partial charge in [-0.2, -0.15) is 0 Å². The molecule has 92 valence electrons. The topological polar surface area (TPSA) is 91.9 Å². The van der Waals surface area contributed by atoms with Crippen molar-refractivity contribution in [3.05, 3.63) is 50.4 Å². The molecule has 0 aliphatic rings. The summed E-state index contributed by atoms with van der Waals surface area (Å²) in [5.41, 5.74) is 8.89. The minimum absolute atomic E-state index is 0.0647. The van der Waals surface area contributed by atoms with E-state index in [1.54, 1.807) is 12.1 Å². The van der Waals surface area contributed by atoms with Crippen molar-refractivity contribution in [2.24, 2.45) is 5.11 Å². The molecule has 0 fully saturated rings. The highest BCUT2D eigenvalue weighted by atomic mass is 16.6. The van der Waals surface area contributed by atoms with E-state index in [1.165, 1.54) is 12.1 Å². The van der Waals surface area contributed by atoms with Crippen molar-refractivity contribution in [2.45, 2.75) is 19.3 Å². The van der Waals surface area contributed by atoms with Crippen LogP contribution in [0.5, 0.6) is 0 Å². The van der Waals surface area contributed by atoms with E-state index in [0.29, 0.717) is 6.54 Å². The van der Waals surface area contributed by atoms with E-state index >= 15 is 0 Å². The Morgan fingerprint density at radius 2 is 2.06 bits per heavy atom. The van der Waals surface area contributed by atoms with Gasteiger partial charge in [0, 0.05) is 35.6 Å². The Bertz CT molecular complexity index is 507. The number of benzene rings is 1. The van der Waals surface area contributed by atoms with Crippen LogP contribution in [0.3, 0.4) is 0 Å². The van der Waals surface area contributed by atoms with Gasteiger partial charge in [0.2, 0.25) is 0 Å². The van der Waals surface area contributed by atoms with Gasteiger partial charge >= 0.3 is 0 Å². The van der Waals surface area contributed by atoms with E-state index in [2.05, 4.69) is 21.9 Å². The number of hydrogen-bond acceptors (Lipinski definition) is 3. The fourth-order valence-electron chi connectivity index (χ4n) is 1.27. The molecule has 0 aromatic heterocycles. The number of azide groups is 1.